The highest BCUT2D eigenvalue weighted by Crippen LogP contribution is 2.14. The lowest BCUT2D eigenvalue weighted by Crippen LogP contribution is -2.11. The molecule has 0 fully saturated rings. The van der Waals surface area contributed by atoms with E-state index in [1.54, 1.807) is 10.7 Å². The number of rotatable bonds is 4. The summed E-state index contributed by atoms with van der Waals surface area (Å²) in [7, 11) is 0. The number of anilines is 1. The van der Waals surface area contributed by atoms with Crippen molar-refractivity contribution in [3.05, 3.63) is 30.1 Å². The molecule has 84 valence electrons. The molecule has 0 saturated heterocycles. The summed E-state index contributed by atoms with van der Waals surface area (Å²) < 4.78 is 7.21. The molecule has 0 bridgehead atoms. The van der Waals surface area contributed by atoms with Gasteiger partial charge >= 0.3 is 0 Å². The van der Waals surface area contributed by atoms with Crippen molar-refractivity contribution < 1.29 is 4.74 Å². The van der Waals surface area contributed by atoms with E-state index < -0.39 is 0 Å². The predicted octanol–water partition coefficient (Wildman–Crippen LogP) is 0.643. The van der Waals surface area contributed by atoms with Crippen LogP contribution in [0, 0.1) is 6.92 Å². The lowest BCUT2D eigenvalue weighted by Gasteiger charge is -2.06. The molecule has 0 aliphatic heterocycles. The number of hydrogen-bond donors (Lipinski definition) is 1. The molecule has 0 saturated carbocycles. The van der Waals surface area contributed by atoms with Crippen molar-refractivity contribution in [3.63, 3.8) is 0 Å². The van der Waals surface area contributed by atoms with E-state index in [2.05, 4.69) is 15.5 Å². The lowest BCUT2D eigenvalue weighted by atomic mass is 10.3. The first-order valence-electron chi connectivity index (χ1n) is 4.97. The van der Waals surface area contributed by atoms with Gasteiger partial charge in [0, 0.05) is 11.8 Å². The number of ether oxygens (including phenoxy) is 1. The monoisotopic (exact) mass is 219 g/mol. The van der Waals surface area contributed by atoms with Crippen LogP contribution in [-0.4, -0.2) is 26.8 Å². The third-order valence-corrected chi connectivity index (χ3v) is 2.14. The zero-order chi connectivity index (χ0) is 11.4. The van der Waals surface area contributed by atoms with Crippen LogP contribution in [0.5, 0.6) is 5.75 Å². The fourth-order valence-electron chi connectivity index (χ4n) is 1.31. The van der Waals surface area contributed by atoms with Gasteiger partial charge in [-0.1, -0.05) is 6.07 Å². The zero-order valence-corrected chi connectivity index (χ0v) is 9.00. The molecule has 0 unspecified atom stereocenters. The van der Waals surface area contributed by atoms with Crippen molar-refractivity contribution in [1.29, 1.82) is 0 Å². The van der Waals surface area contributed by atoms with Crippen molar-refractivity contribution in [1.82, 2.24) is 20.2 Å². The van der Waals surface area contributed by atoms with E-state index in [1.165, 1.54) is 0 Å². The van der Waals surface area contributed by atoms with Gasteiger partial charge in [0.25, 0.3) is 0 Å². The molecule has 1 heterocycles. The molecule has 0 atom stereocenters. The first-order valence-corrected chi connectivity index (χ1v) is 4.97. The van der Waals surface area contributed by atoms with Crippen LogP contribution >= 0.6 is 0 Å². The van der Waals surface area contributed by atoms with E-state index in [0.29, 0.717) is 18.8 Å². The second-order valence-electron chi connectivity index (χ2n) is 3.37. The first kappa shape index (κ1) is 10.4. The number of nitrogens with zero attached hydrogens (tertiary/aromatic N) is 4. The number of nitrogens with two attached hydrogens (primary N) is 1. The molecule has 1 aromatic carbocycles. The topological polar surface area (TPSA) is 78.8 Å². The Morgan fingerprint density at radius 3 is 3.00 bits per heavy atom. The van der Waals surface area contributed by atoms with E-state index in [1.807, 2.05) is 25.1 Å². The molecule has 1 aromatic heterocycles. The van der Waals surface area contributed by atoms with Crippen LogP contribution in [0.2, 0.25) is 0 Å². The van der Waals surface area contributed by atoms with E-state index >= 15 is 0 Å². The third-order valence-electron chi connectivity index (χ3n) is 2.14. The third kappa shape index (κ3) is 2.47. The summed E-state index contributed by atoms with van der Waals surface area (Å²) in [5, 5.41) is 11.1. The summed E-state index contributed by atoms with van der Waals surface area (Å²) in [6, 6.07) is 7.32. The molecule has 0 amide bonds. The zero-order valence-electron chi connectivity index (χ0n) is 9.00. The summed E-state index contributed by atoms with van der Waals surface area (Å²) in [4.78, 5) is 0. The van der Waals surface area contributed by atoms with Crippen LogP contribution in [0.25, 0.3) is 0 Å². The van der Waals surface area contributed by atoms with Gasteiger partial charge in [0.1, 0.15) is 18.2 Å². The molecule has 6 nitrogen and oxygen atoms in total. The quantitative estimate of drug-likeness (QED) is 0.763. The maximum atomic E-state index is 5.63. The molecular weight excluding hydrogens is 206 g/mol. The minimum Gasteiger partial charge on any atom is -0.492 e. The fourth-order valence-corrected chi connectivity index (χ4v) is 1.31. The molecule has 2 N–H and O–H groups in total. The molecule has 6 heteroatoms. The maximum absolute atomic E-state index is 5.63. The summed E-state index contributed by atoms with van der Waals surface area (Å²) in [5.41, 5.74) is 6.32. The van der Waals surface area contributed by atoms with Crippen LogP contribution < -0.4 is 10.5 Å². The Morgan fingerprint density at radius 2 is 2.31 bits per heavy atom. The Bertz CT molecular complexity index is 468. The molecule has 0 aliphatic rings. The Morgan fingerprint density at radius 1 is 1.44 bits per heavy atom. The van der Waals surface area contributed by atoms with Crippen molar-refractivity contribution >= 4 is 5.69 Å². The van der Waals surface area contributed by atoms with Gasteiger partial charge in [-0.2, -0.15) is 0 Å². The van der Waals surface area contributed by atoms with Crippen molar-refractivity contribution in [2.75, 3.05) is 12.3 Å². The van der Waals surface area contributed by atoms with Gasteiger partial charge < -0.3 is 10.5 Å². The minimum absolute atomic E-state index is 0.509. The van der Waals surface area contributed by atoms with Crippen LogP contribution in [0.1, 0.15) is 5.82 Å². The van der Waals surface area contributed by atoms with Gasteiger partial charge in [-0.05, 0) is 29.5 Å². The molecule has 0 spiro atoms. The summed E-state index contributed by atoms with van der Waals surface area (Å²) in [6.45, 7) is 2.98. The summed E-state index contributed by atoms with van der Waals surface area (Å²) in [5.74, 6) is 1.53. The van der Waals surface area contributed by atoms with Gasteiger partial charge in [0.2, 0.25) is 0 Å². The maximum Gasteiger partial charge on any atom is 0.148 e. The molecule has 2 rings (SSSR count). The van der Waals surface area contributed by atoms with Crippen LogP contribution in [0.3, 0.4) is 0 Å². The smallest absolute Gasteiger partial charge is 0.148 e. The number of aryl methyl sites for hydroxylation is 1. The average molecular weight is 219 g/mol. The van der Waals surface area contributed by atoms with E-state index in [4.69, 9.17) is 10.5 Å². The van der Waals surface area contributed by atoms with Crippen LogP contribution in [-0.2, 0) is 6.54 Å². The number of nitrogen functional groups attached to an aromatic ring is 1. The van der Waals surface area contributed by atoms with Gasteiger partial charge in [0.05, 0.1) is 6.54 Å². The standard InChI is InChI=1S/C10H13N5O/c1-8-12-13-14-15(8)5-6-16-10-4-2-3-9(11)7-10/h2-4,7H,5-6,11H2,1H3. The summed E-state index contributed by atoms with van der Waals surface area (Å²) >= 11 is 0. The van der Waals surface area contributed by atoms with Gasteiger partial charge in [-0.15, -0.1) is 5.10 Å². The number of benzene rings is 1. The number of tetrazole rings is 1. The normalized spacial score (nSPS) is 10.3. The summed E-state index contributed by atoms with van der Waals surface area (Å²) in [6.07, 6.45) is 0. The highest BCUT2D eigenvalue weighted by molar-refractivity contribution is 5.43. The Hall–Kier alpha value is -2.11. The number of hydrogen-bond acceptors (Lipinski definition) is 5. The lowest BCUT2D eigenvalue weighted by molar-refractivity contribution is 0.288. The van der Waals surface area contributed by atoms with Gasteiger partial charge in [-0.25, -0.2) is 4.68 Å². The number of aromatic nitrogens is 4. The van der Waals surface area contributed by atoms with Crippen molar-refractivity contribution in [2.45, 2.75) is 13.5 Å². The van der Waals surface area contributed by atoms with E-state index in [9.17, 15) is 0 Å². The molecule has 2 aromatic rings. The highest BCUT2D eigenvalue weighted by atomic mass is 16.5. The van der Waals surface area contributed by atoms with E-state index in [-0.39, 0.29) is 0 Å². The molecule has 0 aliphatic carbocycles. The Labute approximate surface area is 93.0 Å². The predicted molar refractivity (Wildman–Crippen MR) is 58.9 cm³/mol. The van der Waals surface area contributed by atoms with Crippen LogP contribution in [0.4, 0.5) is 5.69 Å². The highest BCUT2D eigenvalue weighted by Gasteiger charge is 2.00. The molecule has 0 radical (unpaired) electrons. The van der Waals surface area contributed by atoms with Crippen LogP contribution in [0.15, 0.2) is 24.3 Å². The van der Waals surface area contributed by atoms with Gasteiger partial charge in [-0.3, -0.25) is 0 Å². The largest absolute Gasteiger partial charge is 0.492 e. The minimum atomic E-state index is 0.509. The van der Waals surface area contributed by atoms with Crippen molar-refractivity contribution in [3.8, 4) is 5.75 Å². The Kier molecular flexibility index (Phi) is 3.00. The first-order chi connectivity index (χ1) is 7.75. The van der Waals surface area contributed by atoms with E-state index in [0.717, 1.165) is 11.6 Å². The fraction of sp³-hybridized carbons (Fsp3) is 0.300. The van der Waals surface area contributed by atoms with Gasteiger partial charge in [0.15, 0.2) is 0 Å². The second-order valence-corrected chi connectivity index (χ2v) is 3.37. The molecule has 16 heavy (non-hydrogen) atoms. The van der Waals surface area contributed by atoms with Crippen molar-refractivity contribution in [2.24, 2.45) is 0 Å². The molecular formula is C10H13N5O. The second kappa shape index (κ2) is 4.61. The Balaban J connectivity index is 1.87. The SMILES string of the molecule is Cc1nnnn1CCOc1cccc(N)c1. The average Bonchev–Trinajstić information content (AvgIpc) is 2.65.